The topological polar surface area (TPSA) is 0 Å². The molecule has 4 bridgehead atoms. The molecule has 0 atom stereocenters. The lowest BCUT2D eigenvalue weighted by Gasteiger charge is -2.49. The molecular formula is C16H28. The Kier molecular flexibility index (Phi) is 3.27. The highest BCUT2D eigenvalue weighted by Crippen LogP contribution is 2.53. The first-order valence-electron chi connectivity index (χ1n) is 7.79. The minimum Gasteiger partial charge on any atom is -0.0625 e. The van der Waals surface area contributed by atoms with Crippen LogP contribution in [0, 0.1) is 29.6 Å². The van der Waals surface area contributed by atoms with Crippen LogP contribution in [-0.4, -0.2) is 0 Å². The van der Waals surface area contributed by atoms with E-state index >= 15 is 0 Å². The molecule has 5 aliphatic rings. The van der Waals surface area contributed by atoms with Crippen molar-refractivity contribution in [3.05, 3.63) is 0 Å². The predicted octanol–water partition coefficient (Wildman–Crippen LogP) is 5.03. The van der Waals surface area contributed by atoms with Crippen molar-refractivity contribution in [2.75, 3.05) is 0 Å². The SMILES string of the molecule is C1C2CC3CC1CC(C2)C3.CC1CCCC1. The van der Waals surface area contributed by atoms with Gasteiger partial charge in [0.2, 0.25) is 0 Å². The molecule has 0 amide bonds. The summed E-state index contributed by atoms with van der Waals surface area (Å²) >= 11 is 0. The van der Waals surface area contributed by atoms with Crippen molar-refractivity contribution < 1.29 is 0 Å². The molecule has 0 aromatic carbocycles. The van der Waals surface area contributed by atoms with Gasteiger partial charge in [0, 0.05) is 0 Å². The minimum absolute atomic E-state index is 1.05. The average Bonchev–Trinajstić information content (AvgIpc) is 2.67. The minimum atomic E-state index is 1.05. The van der Waals surface area contributed by atoms with Crippen molar-refractivity contribution in [2.45, 2.75) is 71.1 Å². The van der Waals surface area contributed by atoms with E-state index in [2.05, 4.69) is 6.92 Å². The van der Waals surface area contributed by atoms with Gasteiger partial charge < -0.3 is 0 Å². The van der Waals surface area contributed by atoms with Gasteiger partial charge in [-0.15, -0.1) is 0 Å². The maximum atomic E-state index is 2.34. The molecule has 0 radical (unpaired) electrons. The summed E-state index contributed by atoms with van der Waals surface area (Å²) in [5.41, 5.74) is 0. The van der Waals surface area contributed by atoms with Crippen LogP contribution >= 0.6 is 0 Å². The van der Waals surface area contributed by atoms with Gasteiger partial charge in [0.15, 0.2) is 0 Å². The van der Waals surface area contributed by atoms with Crippen molar-refractivity contribution in [1.82, 2.24) is 0 Å². The second kappa shape index (κ2) is 4.70. The maximum absolute atomic E-state index is 2.34. The maximum Gasteiger partial charge on any atom is -0.0406 e. The van der Waals surface area contributed by atoms with Gasteiger partial charge in [0.05, 0.1) is 0 Å². The lowest BCUT2D eigenvalue weighted by molar-refractivity contribution is 0.0198. The van der Waals surface area contributed by atoms with Crippen LogP contribution in [0.3, 0.4) is 0 Å². The molecule has 0 heteroatoms. The monoisotopic (exact) mass is 220 g/mol. The van der Waals surface area contributed by atoms with Crippen LogP contribution in [0.15, 0.2) is 0 Å². The van der Waals surface area contributed by atoms with Gasteiger partial charge in [-0.1, -0.05) is 32.6 Å². The van der Waals surface area contributed by atoms with Crippen molar-refractivity contribution >= 4 is 0 Å². The third-order valence-electron chi connectivity index (χ3n) is 5.64. The third kappa shape index (κ3) is 2.46. The Labute approximate surface area is 101 Å². The first-order chi connectivity index (χ1) is 7.79. The predicted molar refractivity (Wildman–Crippen MR) is 69.3 cm³/mol. The Hall–Kier alpha value is 0. The van der Waals surface area contributed by atoms with E-state index in [9.17, 15) is 0 Å². The largest absolute Gasteiger partial charge is 0.0625 e. The Bertz CT molecular complexity index is 168. The Morgan fingerprint density at radius 1 is 0.562 bits per heavy atom. The van der Waals surface area contributed by atoms with E-state index in [1.54, 1.807) is 38.5 Å². The van der Waals surface area contributed by atoms with E-state index in [1.807, 2.05) is 0 Å². The Morgan fingerprint density at radius 3 is 1.06 bits per heavy atom. The molecule has 5 rings (SSSR count). The normalized spacial score (nSPS) is 45.6. The van der Waals surface area contributed by atoms with Gasteiger partial charge in [-0.2, -0.15) is 0 Å². The number of hydrogen-bond donors (Lipinski definition) is 0. The van der Waals surface area contributed by atoms with Crippen LogP contribution in [-0.2, 0) is 0 Å². The molecule has 0 aliphatic heterocycles. The fourth-order valence-corrected chi connectivity index (χ4v) is 5.11. The standard InChI is InChI=1S/C10H16.C6H12/c1-7-2-9-4-8(1)5-10(3-7)6-9;1-6-4-2-3-5-6/h7-10H,1-6H2;6H,2-5H2,1H3. The van der Waals surface area contributed by atoms with E-state index in [0.717, 1.165) is 5.92 Å². The summed E-state index contributed by atoms with van der Waals surface area (Å²) in [5, 5.41) is 0. The van der Waals surface area contributed by atoms with Gasteiger partial charge in [0.25, 0.3) is 0 Å². The molecule has 92 valence electrons. The number of hydrogen-bond acceptors (Lipinski definition) is 0. The van der Waals surface area contributed by atoms with E-state index in [4.69, 9.17) is 0 Å². The van der Waals surface area contributed by atoms with E-state index in [0.29, 0.717) is 0 Å². The summed E-state index contributed by atoms with van der Waals surface area (Å²) in [6, 6.07) is 0. The van der Waals surface area contributed by atoms with Crippen LogP contribution in [0.2, 0.25) is 0 Å². The van der Waals surface area contributed by atoms with Crippen LogP contribution < -0.4 is 0 Å². The van der Waals surface area contributed by atoms with Crippen molar-refractivity contribution in [3.63, 3.8) is 0 Å². The molecule has 0 saturated heterocycles. The third-order valence-corrected chi connectivity index (χ3v) is 5.64. The summed E-state index contributed by atoms with van der Waals surface area (Å²) in [4.78, 5) is 0. The zero-order valence-corrected chi connectivity index (χ0v) is 11.0. The smallest absolute Gasteiger partial charge is 0.0406 e. The van der Waals surface area contributed by atoms with Crippen molar-refractivity contribution in [1.29, 1.82) is 0 Å². The summed E-state index contributed by atoms with van der Waals surface area (Å²) in [6.07, 6.45) is 15.6. The van der Waals surface area contributed by atoms with E-state index in [-0.39, 0.29) is 0 Å². The molecule has 5 fully saturated rings. The summed E-state index contributed by atoms with van der Waals surface area (Å²) in [5.74, 6) is 5.75. The zero-order valence-electron chi connectivity index (χ0n) is 11.0. The summed E-state index contributed by atoms with van der Waals surface area (Å²) < 4.78 is 0. The molecule has 0 heterocycles. The average molecular weight is 220 g/mol. The van der Waals surface area contributed by atoms with Crippen molar-refractivity contribution in [2.24, 2.45) is 29.6 Å². The molecule has 16 heavy (non-hydrogen) atoms. The Balaban J connectivity index is 0.000000117. The highest BCUT2D eigenvalue weighted by atomic mass is 14.5. The second-order valence-corrected chi connectivity index (χ2v) is 7.27. The van der Waals surface area contributed by atoms with Crippen LogP contribution in [0.1, 0.15) is 71.1 Å². The fourth-order valence-electron chi connectivity index (χ4n) is 5.11. The lowest BCUT2D eigenvalue weighted by atomic mass is 9.56. The highest BCUT2D eigenvalue weighted by Gasteiger charge is 2.41. The molecule has 5 aliphatic carbocycles. The second-order valence-electron chi connectivity index (χ2n) is 7.27. The van der Waals surface area contributed by atoms with Crippen LogP contribution in [0.25, 0.3) is 0 Å². The summed E-state index contributed by atoms with van der Waals surface area (Å²) in [6.45, 7) is 2.34. The summed E-state index contributed by atoms with van der Waals surface area (Å²) in [7, 11) is 0. The quantitative estimate of drug-likeness (QED) is 0.537. The van der Waals surface area contributed by atoms with Gasteiger partial charge in [-0.3, -0.25) is 0 Å². The zero-order chi connectivity index (χ0) is 11.0. The van der Waals surface area contributed by atoms with Gasteiger partial charge in [-0.25, -0.2) is 0 Å². The molecular weight excluding hydrogens is 192 g/mol. The molecule has 0 unspecified atom stereocenters. The fraction of sp³-hybridized carbons (Fsp3) is 1.00. The molecule has 0 N–H and O–H groups in total. The lowest BCUT2D eigenvalue weighted by Crippen LogP contribution is -2.38. The van der Waals surface area contributed by atoms with Crippen molar-refractivity contribution in [3.8, 4) is 0 Å². The van der Waals surface area contributed by atoms with Crippen LogP contribution in [0.4, 0.5) is 0 Å². The molecule has 0 nitrogen and oxygen atoms in total. The molecule has 0 spiro atoms. The number of rotatable bonds is 0. The highest BCUT2D eigenvalue weighted by molar-refractivity contribution is 4.92. The first kappa shape index (κ1) is 11.1. The van der Waals surface area contributed by atoms with Gasteiger partial charge in [0.1, 0.15) is 0 Å². The Morgan fingerprint density at radius 2 is 0.875 bits per heavy atom. The molecule has 5 saturated carbocycles. The van der Waals surface area contributed by atoms with Crippen LogP contribution in [0.5, 0.6) is 0 Å². The van der Waals surface area contributed by atoms with Gasteiger partial charge in [-0.05, 0) is 68.1 Å². The molecule has 0 aromatic rings. The van der Waals surface area contributed by atoms with E-state index in [1.165, 1.54) is 49.4 Å². The molecule has 0 aromatic heterocycles. The van der Waals surface area contributed by atoms with E-state index < -0.39 is 0 Å². The first-order valence-corrected chi connectivity index (χ1v) is 7.79. The van der Waals surface area contributed by atoms with Gasteiger partial charge >= 0.3 is 0 Å².